The fourth-order valence-electron chi connectivity index (χ4n) is 3.32. The summed E-state index contributed by atoms with van der Waals surface area (Å²) in [5.41, 5.74) is 5.19. The molecule has 1 amide bonds. The molecule has 0 fully saturated rings. The molecule has 1 N–H and O–H groups in total. The lowest BCUT2D eigenvalue weighted by Gasteiger charge is -2.13. The minimum atomic E-state index is -0.217. The van der Waals surface area contributed by atoms with Crippen LogP contribution in [0.25, 0.3) is 16.5 Å². The number of aryl methyl sites for hydroxylation is 3. The van der Waals surface area contributed by atoms with Gasteiger partial charge in [-0.15, -0.1) is 0 Å². The van der Waals surface area contributed by atoms with Crippen molar-refractivity contribution in [2.24, 2.45) is 0 Å². The van der Waals surface area contributed by atoms with Crippen molar-refractivity contribution in [1.82, 2.24) is 0 Å². The molecule has 0 aliphatic heterocycles. The summed E-state index contributed by atoms with van der Waals surface area (Å²) < 4.78 is 16.7. The van der Waals surface area contributed by atoms with E-state index in [1.807, 2.05) is 52.0 Å². The van der Waals surface area contributed by atoms with Gasteiger partial charge in [0.05, 0.1) is 14.2 Å². The number of nitrogens with one attached hydrogen (secondary N) is 1. The van der Waals surface area contributed by atoms with E-state index in [1.54, 1.807) is 26.4 Å². The molecule has 0 unspecified atom stereocenters. The van der Waals surface area contributed by atoms with Gasteiger partial charge in [0.15, 0.2) is 0 Å². The number of amides is 1. The molecule has 0 aliphatic rings. The van der Waals surface area contributed by atoms with Crippen molar-refractivity contribution >= 4 is 28.1 Å². The van der Waals surface area contributed by atoms with Crippen LogP contribution in [0, 0.1) is 20.8 Å². The maximum absolute atomic E-state index is 12.5. The van der Waals surface area contributed by atoms with Crippen LogP contribution < -0.4 is 14.8 Å². The van der Waals surface area contributed by atoms with Crippen LogP contribution in [0.15, 0.2) is 40.8 Å². The Labute approximate surface area is 164 Å². The molecule has 28 heavy (non-hydrogen) atoms. The first-order chi connectivity index (χ1) is 13.3. The smallest absolute Gasteiger partial charge is 0.248 e. The molecule has 0 saturated heterocycles. The van der Waals surface area contributed by atoms with Gasteiger partial charge in [0.2, 0.25) is 5.91 Å². The Morgan fingerprint density at radius 1 is 1.07 bits per heavy atom. The van der Waals surface area contributed by atoms with Crippen molar-refractivity contribution in [3.8, 4) is 11.5 Å². The Morgan fingerprint density at radius 2 is 1.82 bits per heavy atom. The quantitative estimate of drug-likeness (QED) is 0.602. The van der Waals surface area contributed by atoms with Gasteiger partial charge in [-0.3, -0.25) is 4.79 Å². The highest BCUT2D eigenvalue weighted by molar-refractivity contribution is 6.05. The lowest BCUT2D eigenvalue weighted by atomic mass is 9.98. The molecule has 1 aromatic heterocycles. The van der Waals surface area contributed by atoms with Crippen LogP contribution in [0.4, 0.5) is 5.69 Å². The molecular formula is C23H25NO4. The summed E-state index contributed by atoms with van der Waals surface area (Å²) in [5, 5.41) is 3.90. The molecule has 0 atom stereocenters. The third kappa shape index (κ3) is 3.60. The van der Waals surface area contributed by atoms with E-state index in [0.29, 0.717) is 17.2 Å². The van der Waals surface area contributed by atoms with E-state index in [0.717, 1.165) is 39.0 Å². The van der Waals surface area contributed by atoms with Crippen molar-refractivity contribution in [2.45, 2.75) is 27.7 Å². The number of allylic oxidation sites excluding steroid dienone is 1. The Morgan fingerprint density at radius 3 is 2.50 bits per heavy atom. The van der Waals surface area contributed by atoms with Gasteiger partial charge in [-0.05, 0) is 57.0 Å². The number of hydrogen-bond acceptors (Lipinski definition) is 4. The van der Waals surface area contributed by atoms with Gasteiger partial charge in [-0.2, -0.15) is 0 Å². The van der Waals surface area contributed by atoms with Gasteiger partial charge in [0, 0.05) is 34.3 Å². The average Bonchev–Trinajstić information content (AvgIpc) is 2.96. The molecule has 3 rings (SSSR count). The number of benzene rings is 2. The fourth-order valence-corrected chi connectivity index (χ4v) is 3.32. The normalized spacial score (nSPS) is 11.6. The third-order valence-electron chi connectivity index (χ3n) is 4.96. The van der Waals surface area contributed by atoms with Gasteiger partial charge in [0.1, 0.15) is 22.8 Å². The van der Waals surface area contributed by atoms with Gasteiger partial charge in [-0.1, -0.05) is 6.07 Å². The first-order valence-corrected chi connectivity index (χ1v) is 9.06. The van der Waals surface area contributed by atoms with Crippen molar-refractivity contribution in [3.05, 3.63) is 58.9 Å². The minimum Gasteiger partial charge on any atom is -0.497 e. The summed E-state index contributed by atoms with van der Waals surface area (Å²) in [6.45, 7) is 7.85. The highest BCUT2D eigenvalue weighted by Gasteiger charge is 2.18. The van der Waals surface area contributed by atoms with E-state index >= 15 is 0 Å². The number of rotatable bonds is 5. The van der Waals surface area contributed by atoms with Crippen molar-refractivity contribution in [2.75, 3.05) is 19.5 Å². The van der Waals surface area contributed by atoms with E-state index in [2.05, 4.69) is 5.32 Å². The second kappa shape index (κ2) is 7.80. The van der Waals surface area contributed by atoms with Crippen molar-refractivity contribution in [1.29, 1.82) is 0 Å². The molecule has 0 aliphatic carbocycles. The SMILES string of the molecule is COc1cccc(NC(=O)/C=C(\C)c2cc3c(C)c(C)oc3c(C)c2OC)c1. The van der Waals surface area contributed by atoms with Crippen molar-refractivity contribution in [3.63, 3.8) is 0 Å². The largest absolute Gasteiger partial charge is 0.497 e. The van der Waals surface area contributed by atoms with Crippen LogP contribution in [0.3, 0.4) is 0 Å². The fraction of sp³-hybridized carbons (Fsp3) is 0.261. The van der Waals surface area contributed by atoms with Crippen LogP contribution >= 0.6 is 0 Å². The van der Waals surface area contributed by atoms with Crippen LogP contribution in [-0.4, -0.2) is 20.1 Å². The van der Waals surface area contributed by atoms with E-state index < -0.39 is 0 Å². The molecule has 0 saturated carbocycles. The lowest BCUT2D eigenvalue weighted by molar-refractivity contribution is -0.111. The summed E-state index contributed by atoms with van der Waals surface area (Å²) in [6.07, 6.45) is 1.57. The molecule has 3 aromatic rings. The number of carbonyl (C=O) groups excluding carboxylic acids is 1. The number of anilines is 1. The summed E-state index contributed by atoms with van der Waals surface area (Å²) in [6, 6.07) is 9.27. The highest BCUT2D eigenvalue weighted by atomic mass is 16.5. The molecule has 1 heterocycles. The topological polar surface area (TPSA) is 60.7 Å². The zero-order valence-corrected chi connectivity index (χ0v) is 17.1. The summed E-state index contributed by atoms with van der Waals surface area (Å²) in [4.78, 5) is 12.5. The zero-order chi connectivity index (χ0) is 20.4. The molecule has 2 aromatic carbocycles. The number of fused-ring (bicyclic) bond motifs is 1. The van der Waals surface area contributed by atoms with Crippen molar-refractivity contribution < 1.29 is 18.7 Å². The molecule has 0 radical (unpaired) electrons. The lowest BCUT2D eigenvalue weighted by Crippen LogP contribution is -2.08. The number of hydrogen-bond donors (Lipinski definition) is 1. The Bertz CT molecular complexity index is 1080. The zero-order valence-electron chi connectivity index (χ0n) is 17.1. The Balaban J connectivity index is 1.98. The van der Waals surface area contributed by atoms with E-state index in [1.165, 1.54) is 0 Å². The van der Waals surface area contributed by atoms with Crippen LogP contribution in [0.1, 0.15) is 29.4 Å². The number of methoxy groups -OCH3 is 2. The minimum absolute atomic E-state index is 0.217. The Hall–Kier alpha value is -3.21. The maximum Gasteiger partial charge on any atom is 0.248 e. The van der Waals surface area contributed by atoms with Crippen LogP contribution in [0.2, 0.25) is 0 Å². The highest BCUT2D eigenvalue weighted by Crippen LogP contribution is 2.38. The molecule has 5 nitrogen and oxygen atoms in total. The summed E-state index contributed by atoms with van der Waals surface area (Å²) in [5.74, 6) is 2.07. The van der Waals surface area contributed by atoms with Gasteiger partial charge >= 0.3 is 0 Å². The maximum atomic E-state index is 12.5. The third-order valence-corrected chi connectivity index (χ3v) is 4.96. The average molecular weight is 379 g/mol. The second-order valence-corrected chi connectivity index (χ2v) is 6.79. The number of ether oxygens (including phenoxy) is 2. The predicted octanol–water partition coefficient (Wildman–Crippen LogP) is 5.42. The Kier molecular flexibility index (Phi) is 5.45. The monoisotopic (exact) mass is 379 g/mol. The van der Waals surface area contributed by atoms with E-state index in [4.69, 9.17) is 13.9 Å². The molecule has 0 spiro atoms. The number of carbonyl (C=O) groups is 1. The standard InChI is InChI=1S/C23H25NO4/c1-13(10-21(25)24-17-8-7-9-18(11-17)26-5)19-12-20-14(2)16(4)28-23(20)15(3)22(19)27-6/h7-12H,1-6H3,(H,24,25)/b13-10+. The van der Waals surface area contributed by atoms with Gasteiger partial charge in [-0.25, -0.2) is 0 Å². The second-order valence-electron chi connectivity index (χ2n) is 6.79. The summed E-state index contributed by atoms with van der Waals surface area (Å²) >= 11 is 0. The molecule has 0 bridgehead atoms. The summed E-state index contributed by atoms with van der Waals surface area (Å²) in [7, 11) is 3.22. The van der Waals surface area contributed by atoms with Gasteiger partial charge < -0.3 is 19.2 Å². The molecular weight excluding hydrogens is 354 g/mol. The van der Waals surface area contributed by atoms with Gasteiger partial charge in [0.25, 0.3) is 0 Å². The van der Waals surface area contributed by atoms with E-state index in [9.17, 15) is 4.79 Å². The first kappa shape index (κ1) is 19.5. The molecule has 5 heteroatoms. The molecule has 146 valence electrons. The van der Waals surface area contributed by atoms with Crippen LogP contribution in [0.5, 0.6) is 11.5 Å². The predicted molar refractivity (Wildman–Crippen MR) is 112 cm³/mol. The van der Waals surface area contributed by atoms with E-state index in [-0.39, 0.29) is 5.91 Å². The first-order valence-electron chi connectivity index (χ1n) is 9.06. The van der Waals surface area contributed by atoms with Crippen LogP contribution in [-0.2, 0) is 4.79 Å². The number of furan rings is 1.